The summed E-state index contributed by atoms with van der Waals surface area (Å²) in [5, 5.41) is 10.1. The lowest BCUT2D eigenvalue weighted by Crippen LogP contribution is -2.59. The van der Waals surface area contributed by atoms with E-state index in [-0.39, 0.29) is 31.4 Å². The lowest BCUT2D eigenvalue weighted by molar-refractivity contribution is -0.143. The average Bonchev–Trinajstić information content (AvgIpc) is 3.64. The molecule has 1 spiro atoms. The van der Waals surface area contributed by atoms with Gasteiger partial charge in [0.1, 0.15) is 23.9 Å². The zero-order valence-corrected chi connectivity index (χ0v) is 32.1. The van der Waals surface area contributed by atoms with Gasteiger partial charge in [-0.2, -0.15) is 0 Å². The van der Waals surface area contributed by atoms with Crippen LogP contribution in [0, 0.1) is 31.1 Å². The molecule has 51 heavy (non-hydrogen) atoms. The van der Waals surface area contributed by atoms with Crippen molar-refractivity contribution < 1.29 is 38.3 Å². The molecule has 3 amide bonds. The number of carbonyl (C=O) groups excluding carboxylic acids is 5. The van der Waals surface area contributed by atoms with Crippen molar-refractivity contribution in [1.29, 1.82) is 0 Å². The minimum Gasteiger partial charge on any atom is -0.493 e. The number of nitrogens with zero attached hydrogens (tertiary/aromatic N) is 2. The first-order valence-electron chi connectivity index (χ1n) is 18.5. The number of oxime groups is 1. The molecule has 1 aliphatic carbocycles. The summed E-state index contributed by atoms with van der Waals surface area (Å²) in [5.41, 5.74) is 1.66. The van der Waals surface area contributed by atoms with Gasteiger partial charge in [-0.15, -0.1) is 0 Å². The maximum atomic E-state index is 14.6. The van der Waals surface area contributed by atoms with Crippen molar-refractivity contribution in [3.8, 4) is 5.75 Å². The monoisotopic (exact) mass is 710 g/mol. The van der Waals surface area contributed by atoms with Gasteiger partial charge in [0.15, 0.2) is 11.4 Å². The molecule has 1 saturated carbocycles. The minimum atomic E-state index is -1.05. The molecule has 2 N–H and O–H groups in total. The Morgan fingerprint density at radius 3 is 2.24 bits per heavy atom. The van der Waals surface area contributed by atoms with Crippen molar-refractivity contribution in [3.05, 3.63) is 28.8 Å². The van der Waals surface area contributed by atoms with Gasteiger partial charge in [-0.1, -0.05) is 59.5 Å². The van der Waals surface area contributed by atoms with Gasteiger partial charge in [-0.05, 0) is 81.0 Å². The van der Waals surface area contributed by atoms with E-state index in [9.17, 15) is 24.0 Å². The van der Waals surface area contributed by atoms with Crippen LogP contribution in [0.4, 0.5) is 4.79 Å². The van der Waals surface area contributed by atoms with E-state index < -0.39 is 58.6 Å². The van der Waals surface area contributed by atoms with Crippen molar-refractivity contribution in [2.24, 2.45) is 22.4 Å². The fourth-order valence-electron chi connectivity index (χ4n) is 7.19. The third-order valence-electron chi connectivity index (χ3n) is 9.89. The molecular formula is C39H58N4O8. The van der Waals surface area contributed by atoms with Gasteiger partial charge >= 0.3 is 6.09 Å². The summed E-state index contributed by atoms with van der Waals surface area (Å²) in [5.74, 6) is -0.812. The van der Waals surface area contributed by atoms with Gasteiger partial charge in [0, 0.05) is 24.8 Å². The molecule has 5 atom stereocenters. The quantitative estimate of drug-likeness (QED) is 0.224. The lowest BCUT2D eigenvalue weighted by Gasteiger charge is -2.35. The Bertz CT molecular complexity index is 1500. The van der Waals surface area contributed by atoms with Gasteiger partial charge in [0.25, 0.3) is 0 Å². The predicted molar refractivity (Wildman–Crippen MR) is 194 cm³/mol. The van der Waals surface area contributed by atoms with Crippen LogP contribution < -0.4 is 15.4 Å². The Morgan fingerprint density at radius 1 is 1.04 bits per heavy atom. The maximum absolute atomic E-state index is 14.6. The van der Waals surface area contributed by atoms with E-state index in [1.807, 2.05) is 74.4 Å². The van der Waals surface area contributed by atoms with E-state index in [1.54, 1.807) is 6.92 Å². The van der Waals surface area contributed by atoms with Crippen LogP contribution in [-0.2, 0) is 28.8 Å². The number of amides is 3. The van der Waals surface area contributed by atoms with Crippen molar-refractivity contribution in [2.45, 2.75) is 144 Å². The van der Waals surface area contributed by atoms with Gasteiger partial charge in [-0.25, -0.2) is 4.79 Å². The fraction of sp³-hybridized carbons (Fsp3) is 0.692. The number of Topliss-reactive ketones (excluding diaryl/α,β-unsaturated/α-hetero) is 2. The Kier molecular flexibility index (Phi) is 12.6. The number of rotatable bonds is 15. The van der Waals surface area contributed by atoms with Gasteiger partial charge in [0.2, 0.25) is 17.6 Å². The van der Waals surface area contributed by atoms with Crippen LogP contribution >= 0.6 is 0 Å². The number of likely N-dealkylation sites (tertiary alicyclic amines) is 1. The third kappa shape index (κ3) is 9.89. The van der Waals surface area contributed by atoms with Gasteiger partial charge in [0.05, 0.1) is 24.9 Å². The van der Waals surface area contributed by atoms with Crippen molar-refractivity contribution in [3.63, 3.8) is 0 Å². The van der Waals surface area contributed by atoms with Crippen LogP contribution in [0.3, 0.4) is 0 Å². The number of alkyl carbamates (subject to hydrolysis) is 1. The second-order valence-electron chi connectivity index (χ2n) is 16.2. The summed E-state index contributed by atoms with van der Waals surface area (Å²) in [6.45, 7) is 19.4. The fourth-order valence-corrected chi connectivity index (χ4v) is 7.19. The first-order chi connectivity index (χ1) is 23.9. The molecule has 2 aliphatic heterocycles. The summed E-state index contributed by atoms with van der Waals surface area (Å²) in [6, 6.07) is 0.901. The van der Waals surface area contributed by atoms with E-state index >= 15 is 0 Å². The van der Waals surface area contributed by atoms with Gasteiger partial charge < -0.3 is 29.8 Å². The molecular weight excluding hydrogens is 652 g/mol. The summed E-state index contributed by atoms with van der Waals surface area (Å²) in [4.78, 5) is 75.1. The van der Waals surface area contributed by atoms with Crippen LogP contribution in [0.25, 0.3) is 0 Å². The second-order valence-corrected chi connectivity index (χ2v) is 16.2. The first-order valence-corrected chi connectivity index (χ1v) is 18.5. The molecule has 12 heteroatoms. The van der Waals surface area contributed by atoms with Crippen LogP contribution in [0.5, 0.6) is 5.75 Å². The maximum Gasteiger partial charge on any atom is 0.408 e. The molecule has 12 nitrogen and oxygen atoms in total. The number of ether oxygens (including phenoxy) is 2. The molecule has 0 radical (unpaired) electrons. The van der Waals surface area contributed by atoms with Crippen molar-refractivity contribution in [2.75, 3.05) is 13.2 Å². The third-order valence-corrected chi connectivity index (χ3v) is 9.89. The highest BCUT2D eigenvalue weighted by Gasteiger charge is 2.56. The molecule has 1 aromatic carbocycles. The zero-order valence-electron chi connectivity index (χ0n) is 32.1. The largest absolute Gasteiger partial charge is 0.493 e. The number of nitrogens with one attached hydrogen (secondary N) is 2. The summed E-state index contributed by atoms with van der Waals surface area (Å²) in [6.07, 6.45) is 2.28. The normalized spacial score (nSPS) is 21.8. The molecule has 0 bridgehead atoms. The van der Waals surface area contributed by atoms with E-state index in [1.165, 1.54) is 4.90 Å². The topological polar surface area (TPSA) is 153 Å². The Hall–Kier alpha value is -3.96. The highest BCUT2D eigenvalue weighted by atomic mass is 16.7. The second kappa shape index (κ2) is 16.2. The molecule has 4 rings (SSSR count). The molecule has 1 aromatic rings. The standard InChI is InChI=1S/C39H58N4O8/c1-11-31(44)32(45)28(18-26-13-14-26)40-35(46)30-20-39(19-29(42-51-39)27-16-23(5)33(49-12-2)24(6)17-27)21-43(30)36(47)34(38(8,9)10)41-37(48)50-25(7)15-22(3)4/h16-17,22,25-26,28,30,34H,11-15,18-21H2,1-10H3,(H,40,46)(H,41,48)/t25-,28-,30-,34+,39+/m0/s1. The molecule has 282 valence electrons. The van der Waals surface area contributed by atoms with Gasteiger partial charge in [-0.3, -0.25) is 19.2 Å². The van der Waals surface area contributed by atoms with Crippen molar-refractivity contribution in [1.82, 2.24) is 15.5 Å². The first kappa shape index (κ1) is 39.8. The summed E-state index contributed by atoms with van der Waals surface area (Å²) < 4.78 is 11.4. The molecule has 1 saturated heterocycles. The van der Waals surface area contributed by atoms with Crippen LogP contribution in [0.15, 0.2) is 17.3 Å². The Morgan fingerprint density at radius 2 is 1.69 bits per heavy atom. The predicted octanol–water partition coefficient (Wildman–Crippen LogP) is 5.57. The van der Waals surface area contributed by atoms with E-state index in [0.717, 1.165) is 35.3 Å². The average molecular weight is 711 g/mol. The molecule has 0 aromatic heterocycles. The zero-order chi connectivity index (χ0) is 37.8. The van der Waals surface area contributed by atoms with E-state index in [0.29, 0.717) is 37.5 Å². The number of benzene rings is 1. The van der Waals surface area contributed by atoms with Crippen molar-refractivity contribution >= 4 is 35.2 Å². The molecule has 2 fully saturated rings. The van der Waals surface area contributed by atoms with Crippen LogP contribution in [0.2, 0.25) is 0 Å². The Balaban J connectivity index is 1.64. The Labute approximate surface area is 302 Å². The molecule has 0 unspecified atom stereocenters. The molecule has 3 aliphatic rings. The molecule has 2 heterocycles. The number of carbonyl (C=O) groups is 5. The number of aryl methyl sites for hydroxylation is 2. The number of hydrogen-bond donors (Lipinski definition) is 2. The van der Waals surface area contributed by atoms with E-state index in [4.69, 9.17) is 14.3 Å². The van der Waals surface area contributed by atoms with E-state index in [2.05, 4.69) is 15.8 Å². The number of hydrogen-bond acceptors (Lipinski definition) is 9. The highest BCUT2D eigenvalue weighted by molar-refractivity contribution is 6.39. The summed E-state index contributed by atoms with van der Waals surface area (Å²) in [7, 11) is 0. The SMILES string of the molecule is CCOc1c(C)cc(C2=NO[C@]3(C2)C[C@@H](C(=O)N[C@@H](CC2CC2)C(=O)C(=O)CC)N(C(=O)[C@@H](NC(=O)O[C@@H](C)CC(C)C)C(C)(C)C)C3)cc1C. The highest BCUT2D eigenvalue weighted by Crippen LogP contribution is 2.41. The van der Waals surface area contributed by atoms with Crippen LogP contribution in [-0.4, -0.2) is 83.1 Å². The van der Waals surface area contributed by atoms with Crippen LogP contribution in [0.1, 0.15) is 117 Å². The smallest absolute Gasteiger partial charge is 0.408 e. The summed E-state index contributed by atoms with van der Waals surface area (Å²) >= 11 is 0. The minimum absolute atomic E-state index is 0.0219. The number of ketones is 2. The lowest BCUT2D eigenvalue weighted by atomic mass is 9.85.